The lowest BCUT2D eigenvalue weighted by atomic mass is 10.1. The Bertz CT molecular complexity index is 438. The molecule has 1 aromatic rings. The molecule has 1 saturated carbocycles. The van der Waals surface area contributed by atoms with Crippen LogP contribution >= 0.6 is 0 Å². The highest BCUT2D eigenvalue weighted by Crippen LogP contribution is 2.37. The topological polar surface area (TPSA) is 78.0 Å². The van der Waals surface area contributed by atoms with E-state index >= 15 is 0 Å². The SMILES string of the molecule is CC(C)[C@@H](CO)Nc1cc(=O)[nH]c(C2CC2)n1. The molecule has 0 bridgehead atoms. The Morgan fingerprint density at radius 3 is 2.82 bits per heavy atom. The summed E-state index contributed by atoms with van der Waals surface area (Å²) in [6, 6.07) is 1.37. The molecule has 1 aliphatic carbocycles. The van der Waals surface area contributed by atoms with Gasteiger partial charge in [-0.2, -0.15) is 0 Å². The molecular formula is C12H19N3O2. The first-order valence-corrected chi connectivity index (χ1v) is 6.09. The van der Waals surface area contributed by atoms with Crippen molar-refractivity contribution in [3.05, 3.63) is 22.2 Å². The van der Waals surface area contributed by atoms with Gasteiger partial charge in [-0.1, -0.05) is 13.8 Å². The molecule has 1 fully saturated rings. The largest absolute Gasteiger partial charge is 0.394 e. The molecule has 0 amide bonds. The van der Waals surface area contributed by atoms with Crippen molar-refractivity contribution in [3.63, 3.8) is 0 Å². The summed E-state index contributed by atoms with van der Waals surface area (Å²) in [5, 5.41) is 12.4. The molecule has 17 heavy (non-hydrogen) atoms. The molecule has 5 heteroatoms. The highest BCUT2D eigenvalue weighted by Gasteiger charge is 2.26. The van der Waals surface area contributed by atoms with Gasteiger partial charge in [-0.3, -0.25) is 4.79 Å². The van der Waals surface area contributed by atoms with E-state index in [1.54, 1.807) is 0 Å². The van der Waals surface area contributed by atoms with Crippen molar-refractivity contribution < 1.29 is 5.11 Å². The lowest BCUT2D eigenvalue weighted by Crippen LogP contribution is -2.30. The third-order valence-corrected chi connectivity index (χ3v) is 3.06. The highest BCUT2D eigenvalue weighted by atomic mass is 16.3. The third kappa shape index (κ3) is 3.06. The number of H-pyrrole nitrogens is 1. The van der Waals surface area contributed by atoms with E-state index in [4.69, 9.17) is 0 Å². The quantitative estimate of drug-likeness (QED) is 0.716. The van der Waals surface area contributed by atoms with Gasteiger partial charge in [0.25, 0.3) is 5.56 Å². The van der Waals surface area contributed by atoms with Crippen LogP contribution in [0.4, 0.5) is 5.82 Å². The lowest BCUT2D eigenvalue weighted by Gasteiger charge is -2.20. The van der Waals surface area contributed by atoms with Gasteiger partial charge in [0.2, 0.25) is 0 Å². The second-order valence-electron chi connectivity index (χ2n) is 4.97. The van der Waals surface area contributed by atoms with Crippen molar-refractivity contribution in [1.29, 1.82) is 0 Å². The van der Waals surface area contributed by atoms with Crippen LogP contribution in [0.2, 0.25) is 0 Å². The maximum absolute atomic E-state index is 11.5. The smallest absolute Gasteiger partial charge is 0.252 e. The molecule has 1 heterocycles. The van der Waals surface area contributed by atoms with E-state index < -0.39 is 0 Å². The van der Waals surface area contributed by atoms with Crippen LogP contribution in [-0.2, 0) is 0 Å². The van der Waals surface area contributed by atoms with Crippen LogP contribution in [0.3, 0.4) is 0 Å². The number of nitrogens with one attached hydrogen (secondary N) is 2. The van der Waals surface area contributed by atoms with Gasteiger partial charge in [-0.15, -0.1) is 0 Å². The average molecular weight is 237 g/mol. The Balaban J connectivity index is 2.17. The molecule has 0 spiro atoms. The van der Waals surface area contributed by atoms with Gasteiger partial charge in [0.15, 0.2) is 0 Å². The molecule has 0 aromatic carbocycles. The van der Waals surface area contributed by atoms with Crippen LogP contribution in [-0.4, -0.2) is 27.7 Å². The molecule has 5 nitrogen and oxygen atoms in total. The van der Waals surface area contributed by atoms with Crippen LogP contribution in [0.1, 0.15) is 38.4 Å². The van der Waals surface area contributed by atoms with Gasteiger partial charge in [0.05, 0.1) is 12.6 Å². The minimum atomic E-state index is -0.134. The number of aromatic nitrogens is 2. The summed E-state index contributed by atoms with van der Waals surface area (Å²) in [6.45, 7) is 4.07. The molecule has 1 atom stereocenters. The second-order valence-corrected chi connectivity index (χ2v) is 4.97. The van der Waals surface area contributed by atoms with E-state index in [-0.39, 0.29) is 24.1 Å². The number of hydrogen-bond acceptors (Lipinski definition) is 4. The maximum Gasteiger partial charge on any atom is 0.252 e. The van der Waals surface area contributed by atoms with E-state index in [1.165, 1.54) is 6.07 Å². The molecule has 0 saturated heterocycles. The Morgan fingerprint density at radius 1 is 1.59 bits per heavy atom. The zero-order chi connectivity index (χ0) is 12.4. The first-order valence-electron chi connectivity index (χ1n) is 6.09. The number of anilines is 1. The summed E-state index contributed by atoms with van der Waals surface area (Å²) in [6.07, 6.45) is 2.19. The van der Waals surface area contributed by atoms with Crippen LogP contribution < -0.4 is 10.9 Å². The fourth-order valence-electron chi connectivity index (χ4n) is 1.71. The Morgan fingerprint density at radius 2 is 2.29 bits per heavy atom. The second kappa shape index (κ2) is 4.87. The normalized spacial score (nSPS) is 17.2. The van der Waals surface area contributed by atoms with E-state index in [0.29, 0.717) is 11.7 Å². The summed E-state index contributed by atoms with van der Waals surface area (Å²) in [4.78, 5) is 18.6. The fraction of sp³-hybridized carbons (Fsp3) is 0.667. The van der Waals surface area contributed by atoms with Crippen molar-refractivity contribution in [2.24, 2.45) is 5.92 Å². The monoisotopic (exact) mass is 237 g/mol. The van der Waals surface area contributed by atoms with Crippen molar-refractivity contribution in [2.75, 3.05) is 11.9 Å². The number of aromatic amines is 1. The van der Waals surface area contributed by atoms with Crippen LogP contribution in [0, 0.1) is 5.92 Å². The molecule has 3 N–H and O–H groups in total. The summed E-state index contributed by atoms with van der Waals surface area (Å²) < 4.78 is 0. The Hall–Kier alpha value is -1.36. The van der Waals surface area contributed by atoms with Gasteiger partial charge in [0, 0.05) is 12.0 Å². The number of rotatable bonds is 5. The maximum atomic E-state index is 11.5. The van der Waals surface area contributed by atoms with Crippen molar-refractivity contribution in [1.82, 2.24) is 9.97 Å². The summed E-state index contributed by atoms with van der Waals surface area (Å²) in [7, 11) is 0. The fourth-order valence-corrected chi connectivity index (χ4v) is 1.71. The summed E-state index contributed by atoms with van der Waals surface area (Å²) in [5.74, 6) is 2.02. The molecule has 0 radical (unpaired) electrons. The average Bonchev–Trinajstić information content (AvgIpc) is 3.08. The number of nitrogens with zero attached hydrogens (tertiary/aromatic N) is 1. The number of hydrogen-bond donors (Lipinski definition) is 3. The van der Waals surface area contributed by atoms with Crippen molar-refractivity contribution in [2.45, 2.75) is 38.6 Å². The van der Waals surface area contributed by atoms with Crippen LogP contribution in [0.25, 0.3) is 0 Å². The number of aliphatic hydroxyl groups is 1. The van der Waals surface area contributed by atoms with Gasteiger partial charge in [0.1, 0.15) is 11.6 Å². The molecule has 0 aliphatic heterocycles. The predicted molar refractivity (Wildman–Crippen MR) is 66.2 cm³/mol. The van der Waals surface area contributed by atoms with E-state index in [1.807, 2.05) is 13.8 Å². The molecule has 1 aliphatic rings. The van der Waals surface area contributed by atoms with E-state index in [9.17, 15) is 9.90 Å². The van der Waals surface area contributed by atoms with Gasteiger partial charge < -0.3 is 15.4 Å². The summed E-state index contributed by atoms with van der Waals surface area (Å²) >= 11 is 0. The van der Waals surface area contributed by atoms with Crippen LogP contribution in [0.15, 0.2) is 10.9 Å². The number of aliphatic hydroxyl groups excluding tert-OH is 1. The molecule has 2 rings (SSSR count). The molecule has 1 aromatic heterocycles. The van der Waals surface area contributed by atoms with Crippen LogP contribution in [0.5, 0.6) is 0 Å². The Kier molecular flexibility index (Phi) is 3.47. The zero-order valence-electron chi connectivity index (χ0n) is 10.2. The van der Waals surface area contributed by atoms with Crippen molar-refractivity contribution >= 4 is 5.82 Å². The predicted octanol–water partition coefficient (Wildman–Crippen LogP) is 1.08. The molecule has 0 unspecified atom stereocenters. The van der Waals surface area contributed by atoms with Gasteiger partial charge in [-0.25, -0.2) is 4.98 Å². The van der Waals surface area contributed by atoms with Gasteiger partial charge in [-0.05, 0) is 18.8 Å². The first-order chi connectivity index (χ1) is 8.10. The van der Waals surface area contributed by atoms with Crippen molar-refractivity contribution in [3.8, 4) is 0 Å². The van der Waals surface area contributed by atoms with E-state index in [2.05, 4.69) is 15.3 Å². The minimum Gasteiger partial charge on any atom is -0.394 e. The lowest BCUT2D eigenvalue weighted by molar-refractivity contribution is 0.249. The Labute approximate surface area is 100 Å². The molecule has 94 valence electrons. The first kappa shape index (κ1) is 12.1. The third-order valence-electron chi connectivity index (χ3n) is 3.06. The highest BCUT2D eigenvalue weighted by molar-refractivity contribution is 5.35. The zero-order valence-corrected chi connectivity index (χ0v) is 10.2. The van der Waals surface area contributed by atoms with Gasteiger partial charge >= 0.3 is 0 Å². The standard InChI is InChI=1S/C12H19N3O2/c1-7(2)9(6-16)13-10-5-11(17)15-12(14-10)8-3-4-8/h5,7-9,16H,3-4,6H2,1-2H3,(H2,13,14,15,17)/t9-/m1/s1. The minimum absolute atomic E-state index is 0.0326. The summed E-state index contributed by atoms with van der Waals surface area (Å²) in [5.41, 5.74) is -0.134. The molecular weight excluding hydrogens is 218 g/mol. The van der Waals surface area contributed by atoms with E-state index in [0.717, 1.165) is 18.7 Å².